The van der Waals surface area contributed by atoms with E-state index in [-0.39, 0.29) is 4.90 Å². The summed E-state index contributed by atoms with van der Waals surface area (Å²) < 4.78 is 24.9. The molecule has 1 aliphatic rings. The highest BCUT2D eigenvalue weighted by Gasteiger charge is 2.52. The van der Waals surface area contributed by atoms with Crippen molar-refractivity contribution >= 4 is 21.4 Å². The van der Waals surface area contributed by atoms with Crippen molar-refractivity contribution in [1.29, 1.82) is 5.26 Å². The van der Waals surface area contributed by atoms with Gasteiger partial charge in [-0.1, -0.05) is 37.1 Å². The maximum absolute atomic E-state index is 13.2. The third-order valence-corrected chi connectivity index (χ3v) is 7.16. The summed E-state index contributed by atoms with van der Waals surface area (Å²) in [6.07, 6.45) is 1.98. The third kappa shape index (κ3) is 3.03. The van der Waals surface area contributed by atoms with Gasteiger partial charge in [0.05, 0.1) is 16.5 Å². The minimum Gasteiger partial charge on any atom is -0.325 e. The molecule has 1 fully saturated rings. The molecule has 0 aromatic heterocycles. The van der Waals surface area contributed by atoms with E-state index in [1.807, 2.05) is 6.07 Å². The molecule has 6 heteroatoms. The summed E-state index contributed by atoms with van der Waals surface area (Å²) in [5.41, 5.74) is 0.836. The van der Waals surface area contributed by atoms with Crippen molar-refractivity contribution in [3.8, 4) is 6.07 Å². The van der Waals surface area contributed by atoms with Crippen LogP contribution in [0, 0.1) is 11.3 Å². The number of benzene rings is 2. The van der Waals surface area contributed by atoms with Gasteiger partial charge in [0.25, 0.3) is 0 Å². The van der Waals surface area contributed by atoms with Crippen LogP contribution in [0.4, 0.5) is 5.69 Å². The van der Waals surface area contributed by atoms with Crippen LogP contribution in [0.1, 0.15) is 31.2 Å². The van der Waals surface area contributed by atoms with Gasteiger partial charge in [0, 0.05) is 5.69 Å². The van der Waals surface area contributed by atoms with Gasteiger partial charge in [0.1, 0.15) is 0 Å². The first-order valence-corrected chi connectivity index (χ1v) is 9.59. The zero-order valence-corrected chi connectivity index (χ0v) is 14.4. The molecular formula is C19H18N2O3S. The molecule has 1 N–H and O–H groups in total. The SMILES string of the molecule is N#Cc1cccc(NC(=O)C2(S(=O)(=O)c3ccccc3)CCCC2)c1. The number of carbonyl (C=O) groups is 1. The van der Waals surface area contributed by atoms with Gasteiger partial charge in [0.15, 0.2) is 14.6 Å². The second-order valence-corrected chi connectivity index (χ2v) is 8.42. The van der Waals surface area contributed by atoms with E-state index < -0.39 is 20.5 Å². The van der Waals surface area contributed by atoms with Crippen LogP contribution < -0.4 is 5.32 Å². The van der Waals surface area contributed by atoms with Crippen LogP contribution in [0.15, 0.2) is 59.5 Å². The van der Waals surface area contributed by atoms with Crippen LogP contribution in [0.2, 0.25) is 0 Å². The number of amides is 1. The van der Waals surface area contributed by atoms with E-state index in [4.69, 9.17) is 5.26 Å². The Morgan fingerprint density at radius 3 is 2.36 bits per heavy atom. The van der Waals surface area contributed by atoms with E-state index in [0.717, 1.165) is 0 Å². The van der Waals surface area contributed by atoms with Gasteiger partial charge in [-0.05, 0) is 43.2 Å². The Labute approximate surface area is 147 Å². The van der Waals surface area contributed by atoms with Crippen molar-refractivity contribution < 1.29 is 13.2 Å². The highest BCUT2D eigenvalue weighted by atomic mass is 32.2. The molecule has 5 nitrogen and oxygen atoms in total. The Balaban J connectivity index is 1.98. The lowest BCUT2D eigenvalue weighted by molar-refractivity contribution is -0.118. The lowest BCUT2D eigenvalue weighted by atomic mass is 10.1. The minimum atomic E-state index is -3.81. The van der Waals surface area contributed by atoms with Crippen LogP contribution >= 0.6 is 0 Å². The van der Waals surface area contributed by atoms with Gasteiger partial charge in [-0.25, -0.2) is 8.42 Å². The minimum absolute atomic E-state index is 0.165. The van der Waals surface area contributed by atoms with Crippen LogP contribution in [0.5, 0.6) is 0 Å². The number of hydrogen-bond acceptors (Lipinski definition) is 4. The summed E-state index contributed by atoms with van der Waals surface area (Å²) in [4.78, 5) is 13.1. The summed E-state index contributed by atoms with van der Waals surface area (Å²) in [5.74, 6) is -0.524. The molecule has 25 heavy (non-hydrogen) atoms. The standard InChI is InChI=1S/C19H18N2O3S/c20-14-15-7-6-8-16(13-15)21-18(22)19(11-4-5-12-19)25(23,24)17-9-2-1-3-10-17/h1-3,6-10,13H,4-5,11-12H2,(H,21,22). The van der Waals surface area contributed by atoms with Crippen LogP contribution in [0.3, 0.4) is 0 Å². The first-order chi connectivity index (χ1) is 12.0. The molecule has 0 atom stereocenters. The largest absolute Gasteiger partial charge is 0.325 e. The van der Waals surface area contributed by atoms with E-state index in [9.17, 15) is 13.2 Å². The summed E-state index contributed by atoms with van der Waals surface area (Å²) in [7, 11) is -3.81. The highest BCUT2D eigenvalue weighted by molar-refractivity contribution is 7.93. The molecular weight excluding hydrogens is 336 g/mol. The van der Waals surface area contributed by atoms with Crippen molar-refractivity contribution in [3.63, 3.8) is 0 Å². The van der Waals surface area contributed by atoms with E-state index in [1.54, 1.807) is 36.4 Å². The molecule has 2 aromatic rings. The molecule has 1 amide bonds. The predicted octanol–water partition coefficient (Wildman–Crippen LogP) is 3.28. The van der Waals surface area contributed by atoms with Crippen molar-refractivity contribution in [2.24, 2.45) is 0 Å². The lowest BCUT2D eigenvalue weighted by Crippen LogP contribution is -2.47. The van der Waals surface area contributed by atoms with Crippen molar-refractivity contribution in [1.82, 2.24) is 0 Å². The Morgan fingerprint density at radius 2 is 1.72 bits per heavy atom. The first kappa shape index (κ1) is 17.2. The monoisotopic (exact) mass is 354 g/mol. The summed E-state index contributed by atoms with van der Waals surface area (Å²) in [5, 5.41) is 11.7. The number of sulfone groups is 1. The zero-order valence-electron chi connectivity index (χ0n) is 13.6. The fourth-order valence-electron chi connectivity index (χ4n) is 3.30. The fraction of sp³-hybridized carbons (Fsp3) is 0.263. The maximum atomic E-state index is 13.2. The molecule has 0 radical (unpaired) electrons. The van der Waals surface area contributed by atoms with Gasteiger partial charge in [-0.2, -0.15) is 5.26 Å². The van der Waals surface area contributed by atoms with Crippen LogP contribution in [-0.2, 0) is 14.6 Å². The number of hydrogen-bond donors (Lipinski definition) is 1. The van der Waals surface area contributed by atoms with Crippen LogP contribution in [-0.4, -0.2) is 19.1 Å². The van der Waals surface area contributed by atoms with Crippen molar-refractivity contribution in [2.75, 3.05) is 5.32 Å². The number of carbonyl (C=O) groups excluding carboxylic acids is 1. The smallest absolute Gasteiger partial charge is 0.246 e. The average Bonchev–Trinajstić information content (AvgIpc) is 3.14. The van der Waals surface area contributed by atoms with E-state index in [0.29, 0.717) is 36.9 Å². The molecule has 128 valence electrons. The lowest BCUT2D eigenvalue weighted by Gasteiger charge is -2.27. The molecule has 1 aliphatic carbocycles. The summed E-state index contributed by atoms with van der Waals surface area (Å²) >= 11 is 0. The van der Waals surface area contributed by atoms with Gasteiger partial charge in [0.2, 0.25) is 5.91 Å². The molecule has 0 saturated heterocycles. The second kappa shape index (κ2) is 6.69. The number of rotatable bonds is 4. The van der Waals surface area contributed by atoms with Gasteiger partial charge in [-0.3, -0.25) is 4.79 Å². The molecule has 2 aromatic carbocycles. The van der Waals surface area contributed by atoms with E-state index >= 15 is 0 Å². The average molecular weight is 354 g/mol. The van der Waals surface area contributed by atoms with Gasteiger partial charge in [-0.15, -0.1) is 0 Å². The Bertz CT molecular complexity index is 925. The number of anilines is 1. The first-order valence-electron chi connectivity index (χ1n) is 8.11. The fourth-order valence-corrected chi connectivity index (χ4v) is 5.39. The molecule has 3 rings (SSSR count). The van der Waals surface area contributed by atoms with Crippen molar-refractivity contribution in [2.45, 2.75) is 35.3 Å². The number of nitrogens with one attached hydrogen (secondary N) is 1. The summed E-state index contributed by atoms with van der Waals surface area (Å²) in [6.45, 7) is 0. The maximum Gasteiger partial charge on any atom is 0.246 e. The Kier molecular flexibility index (Phi) is 4.60. The Morgan fingerprint density at radius 1 is 1.04 bits per heavy atom. The third-order valence-electron chi connectivity index (χ3n) is 4.64. The normalized spacial score (nSPS) is 16.1. The molecule has 0 bridgehead atoms. The summed E-state index contributed by atoms with van der Waals surface area (Å²) in [6, 6.07) is 16.6. The highest BCUT2D eigenvalue weighted by Crippen LogP contribution is 2.41. The van der Waals surface area contributed by atoms with Gasteiger partial charge < -0.3 is 5.32 Å². The molecule has 0 spiro atoms. The van der Waals surface area contributed by atoms with E-state index in [1.165, 1.54) is 18.2 Å². The van der Waals surface area contributed by atoms with E-state index in [2.05, 4.69) is 5.32 Å². The van der Waals surface area contributed by atoms with Crippen molar-refractivity contribution in [3.05, 3.63) is 60.2 Å². The van der Waals surface area contributed by atoms with Crippen LogP contribution in [0.25, 0.3) is 0 Å². The topological polar surface area (TPSA) is 87.0 Å². The zero-order chi connectivity index (χ0) is 17.9. The number of nitrogens with zero attached hydrogens (tertiary/aromatic N) is 1. The molecule has 1 saturated carbocycles. The Hall–Kier alpha value is -2.65. The molecule has 0 unspecified atom stereocenters. The molecule has 0 heterocycles. The quantitative estimate of drug-likeness (QED) is 0.913. The molecule has 0 aliphatic heterocycles. The predicted molar refractivity (Wildman–Crippen MR) is 94.6 cm³/mol. The second-order valence-electron chi connectivity index (χ2n) is 6.16. The van der Waals surface area contributed by atoms with Gasteiger partial charge >= 0.3 is 0 Å². The number of nitriles is 1.